The van der Waals surface area contributed by atoms with Crippen LogP contribution in [-0.4, -0.2) is 18.1 Å². The monoisotopic (exact) mass is 235 g/mol. The van der Waals surface area contributed by atoms with Crippen LogP contribution >= 0.6 is 11.6 Å². The zero-order chi connectivity index (χ0) is 11.7. The number of hydrogen-bond donors (Lipinski definition) is 0. The Morgan fingerprint density at radius 1 is 1.38 bits per heavy atom. The predicted molar refractivity (Wildman–Crippen MR) is 62.8 cm³/mol. The van der Waals surface area contributed by atoms with E-state index in [-0.39, 0.29) is 0 Å². The molecule has 0 atom stereocenters. The molecule has 1 aromatic carbocycles. The number of methoxy groups -OCH3 is 1. The number of fused-ring (bicyclic) bond motifs is 1. The summed E-state index contributed by atoms with van der Waals surface area (Å²) >= 11 is 5.88. The molecule has 0 aliphatic carbocycles. The average Bonchev–Trinajstić information content (AvgIpc) is 2.27. The first-order chi connectivity index (χ1) is 7.61. The first-order valence-electron chi connectivity index (χ1n) is 4.77. The number of benzene rings is 1. The second kappa shape index (κ2) is 4.10. The Balaban J connectivity index is 2.69. The van der Waals surface area contributed by atoms with Gasteiger partial charge in [-0.25, -0.2) is 9.78 Å². The van der Waals surface area contributed by atoms with Crippen molar-refractivity contribution >= 4 is 28.5 Å². The van der Waals surface area contributed by atoms with E-state index in [4.69, 9.17) is 11.6 Å². The van der Waals surface area contributed by atoms with Crippen molar-refractivity contribution in [3.63, 3.8) is 0 Å². The highest BCUT2D eigenvalue weighted by molar-refractivity contribution is 6.31. The number of hydrogen-bond acceptors (Lipinski definition) is 3. The smallest absolute Gasteiger partial charge is 0.356 e. The Morgan fingerprint density at radius 3 is 2.81 bits per heavy atom. The van der Waals surface area contributed by atoms with E-state index < -0.39 is 5.97 Å². The van der Waals surface area contributed by atoms with Crippen molar-refractivity contribution in [3.05, 3.63) is 40.5 Å². The highest BCUT2D eigenvalue weighted by Gasteiger charge is 2.10. The van der Waals surface area contributed by atoms with E-state index in [0.717, 1.165) is 10.9 Å². The molecule has 82 valence electrons. The first kappa shape index (κ1) is 10.9. The molecule has 0 amide bonds. The summed E-state index contributed by atoms with van der Waals surface area (Å²) in [4.78, 5) is 15.6. The molecule has 0 radical (unpaired) electrons. The van der Waals surface area contributed by atoms with Gasteiger partial charge in [-0.1, -0.05) is 17.7 Å². The Kier molecular flexibility index (Phi) is 2.79. The summed E-state index contributed by atoms with van der Waals surface area (Å²) < 4.78 is 4.64. The summed E-state index contributed by atoms with van der Waals surface area (Å²) in [5.41, 5.74) is 1.98. The molecule has 2 rings (SSSR count). The van der Waals surface area contributed by atoms with Crippen LogP contribution in [0.4, 0.5) is 0 Å². The minimum Gasteiger partial charge on any atom is -0.464 e. The normalized spacial score (nSPS) is 10.4. The maximum atomic E-state index is 11.4. The average molecular weight is 236 g/mol. The van der Waals surface area contributed by atoms with Crippen LogP contribution in [0.25, 0.3) is 10.9 Å². The van der Waals surface area contributed by atoms with Gasteiger partial charge in [-0.15, -0.1) is 0 Å². The van der Waals surface area contributed by atoms with Gasteiger partial charge in [-0.05, 0) is 30.7 Å². The predicted octanol–water partition coefficient (Wildman–Crippen LogP) is 2.98. The molecule has 0 spiro atoms. The lowest BCUT2D eigenvalue weighted by molar-refractivity contribution is 0.0594. The van der Waals surface area contributed by atoms with Gasteiger partial charge in [0.25, 0.3) is 0 Å². The summed E-state index contributed by atoms with van der Waals surface area (Å²) in [6.45, 7) is 1.92. The van der Waals surface area contributed by atoms with E-state index in [9.17, 15) is 4.79 Å². The van der Waals surface area contributed by atoms with E-state index in [1.165, 1.54) is 7.11 Å². The van der Waals surface area contributed by atoms with Gasteiger partial charge in [-0.3, -0.25) is 0 Å². The van der Waals surface area contributed by atoms with Gasteiger partial charge in [0.1, 0.15) is 5.69 Å². The molecule has 1 aromatic heterocycles. The number of rotatable bonds is 1. The van der Waals surface area contributed by atoms with Crippen molar-refractivity contribution in [2.75, 3.05) is 7.11 Å². The number of nitrogens with zero attached hydrogens (tertiary/aromatic N) is 1. The first-order valence-corrected chi connectivity index (χ1v) is 5.15. The van der Waals surface area contributed by atoms with Gasteiger partial charge < -0.3 is 4.74 Å². The highest BCUT2D eigenvalue weighted by Crippen LogP contribution is 2.21. The van der Waals surface area contributed by atoms with Crippen molar-refractivity contribution in [1.29, 1.82) is 0 Å². The lowest BCUT2D eigenvalue weighted by Crippen LogP contribution is -2.04. The van der Waals surface area contributed by atoms with E-state index >= 15 is 0 Å². The van der Waals surface area contributed by atoms with Gasteiger partial charge in [0.2, 0.25) is 0 Å². The van der Waals surface area contributed by atoms with Crippen LogP contribution in [0.5, 0.6) is 0 Å². The number of carbonyl (C=O) groups excluding carboxylic acids is 1. The summed E-state index contributed by atoms with van der Waals surface area (Å²) in [5, 5.41) is 1.58. The third-order valence-electron chi connectivity index (χ3n) is 2.37. The maximum absolute atomic E-state index is 11.4. The fraction of sp³-hybridized carbons (Fsp3) is 0.167. The highest BCUT2D eigenvalue weighted by atomic mass is 35.5. The van der Waals surface area contributed by atoms with Crippen LogP contribution in [-0.2, 0) is 4.74 Å². The van der Waals surface area contributed by atoms with Crippen molar-refractivity contribution in [3.8, 4) is 0 Å². The molecule has 0 fully saturated rings. The fourth-order valence-corrected chi connectivity index (χ4v) is 1.75. The van der Waals surface area contributed by atoms with Gasteiger partial charge in [0.15, 0.2) is 0 Å². The molecule has 0 N–H and O–H groups in total. The van der Waals surface area contributed by atoms with Gasteiger partial charge in [0, 0.05) is 10.4 Å². The van der Waals surface area contributed by atoms with Gasteiger partial charge in [-0.2, -0.15) is 0 Å². The molecular formula is C12H10ClNO2. The molecule has 0 unspecified atom stereocenters. The minimum atomic E-state index is -0.440. The van der Waals surface area contributed by atoms with E-state index in [1.54, 1.807) is 18.2 Å². The van der Waals surface area contributed by atoms with E-state index in [0.29, 0.717) is 16.2 Å². The Bertz CT molecular complexity index is 566. The van der Waals surface area contributed by atoms with Crippen LogP contribution < -0.4 is 0 Å². The summed E-state index contributed by atoms with van der Waals surface area (Å²) in [5.74, 6) is -0.440. The Morgan fingerprint density at radius 2 is 2.12 bits per heavy atom. The minimum absolute atomic E-state index is 0.301. The van der Waals surface area contributed by atoms with Crippen molar-refractivity contribution in [2.24, 2.45) is 0 Å². The molecule has 0 bridgehead atoms. The number of aromatic nitrogens is 1. The van der Waals surface area contributed by atoms with Crippen molar-refractivity contribution in [2.45, 2.75) is 6.92 Å². The number of ether oxygens (including phenoxy) is 1. The number of halogens is 1. The molecule has 0 saturated heterocycles. The second-order valence-corrected chi connectivity index (χ2v) is 3.91. The number of carbonyl (C=O) groups is 1. The van der Waals surface area contributed by atoms with E-state index in [1.807, 2.05) is 13.0 Å². The number of esters is 1. The largest absolute Gasteiger partial charge is 0.464 e. The molecule has 0 aliphatic rings. The van der Waals surface area contributed by atoms with Gasteiger partial charge in [0.05, 0.1) is 12.6 Å². The van der Waals surface area contributed by atoms with Crippen LogP contribution in [0.2, 0.25) is 5.02 Å². The van der Waals surface area contributed by atoms with Crippen LogP contribution in [0, 0.1) is 6.92 Å². The number of aryl methyl sites for hydroxylation is 1. The van der Waals surface area contributed by atoms with Crippen LogP contribution in [0.1, 0.15) is 16.1 Å². The van der Waals surface area contributed by atoms with Crippen molar-refractivity contribution in [1.82, 2.24) is 4.98 Å². The standard InChI is InChI=1S/C12H10ClNO2/c1-7-5-11(12(15)16-2)14-10-6-8(13)3-4-9(7)10/h3-6H,1-2H3. The Hall–Kier alpha value is -1.61. The molecule has 1 heterocycles. The molecule has 3 nitrogen and oxygen atoms in total. The molecular weight excluding hydrogens is 226 g/mol. The molecule has 0 aliphatic heterocycles. The van der Waals surface area contributed by atoms with E-state index in [2.05, 4.69) is 9.72 Å². The van der Waals surface area contributed by atoms with Crippen LogP contribution in [0.3, 0.4) is 0 Å². The summed E-state index contributed by atoms with van der Waals surface area (Å²) in [6.07, 6.45) is 0. The topological polar surface area (TPSA) is 39.2 Å². The lowest BCUT2D eigenvalue weighted by Gasteiger charge is -2.05. The lowest BCUT2D eigenvalue weighted by atomic mass is 10.1. The van der Waals surface area contributed by atoms with Crippen molar-refractivity contribution < 1.29 is 9.53 Å². The maximum Gasteiger partial charge on any atom is 0.356 e. The third kappa shape index (κ3) is 1.86. The zero-order valence-electron chi connectivity index (χ0n) is 8.95. The SMILES string of the molecule is COC(=O)c1cc(C)c2ccc(Cl)cc2n1. The molecule has 16 heavy (non-hydrogen) atoms. The zero-order valence-corrected chi connectivity index (χ0v) is 9.71. The fourth-order valence-electron chi connectivity index (χ4n) is 1.58. The number of pyridine rings is 1. The summed E-state index contributed by atoms with van der Waals surface area (Å²) in [6, 6.07) is 7.13. The molecule has 2 aromatic rings. The second-order valence-electron chi connectivity index (χ2n) is 3.48. The quantitative estimate of drug-likeness (QED) is 0.714. The third-order valence-corrected chi connectivity index (χ3v) is 2.61. The molecule has 0 saturated carbocycles. The van der Waals surface area contributed by atoms with Crippen LogP contribution in [0.15, 0.2) is 24.3 Å². The Labute approximate surface area is 98.0 Å². The van der Waals surface area contributed by atoms with Gasteiger partial charge >= 0.3 is 5.97 Å². The summed E-state index contributed by atoms with van der Waals surface area (Å²) in [7, 11) is 1.33. The molecule has 4 heteroatoms.